The van der Waals surface area contributed by atoms with Crippen LogP contribution in [0.4, 0.5) is 0 Å². The highest BCUT2D eigenvalue weighted by Gasteiger charge is 2.14. The van der Waals surface area contributed by atoms with Crippen molar-refractivity contribution in [2.24, 2.45) is 5.92 Å². The average molecular weight is 229 g/mol. The van der Waals surface area contributed by atoms with Gasteiger partial charge in [0.05, 0.1) is 6.54 Å². The van der Waals surface area contributed by atoms with Crippen molar-refractivity contribution in [1.29, 1.82) is 0 Å². The molecule has 0 aliphatic rings. The fraction of sp³-hybridized carbons (Fsp3) is 0.818. The van der Waals surface area contributed by atoms with Crippen molar-refractivity contribution >= 4 is 11.8 Å². The summed E-state index contributed by atoms with van der Waals surface area (Å²) in [6.45, 7) is 7.74. The lowest BCUT2D eigenvalue weighted by Crippen LogP contribution is -2.42. The first-order chi connectivity index (χ1) is 7.56. The van der Waals surface area contributed by atoms with Crippen LogP contribution in [0.15, 0.2) is 0 Å². The molecule has 0 saturated heterocycles. The van der Waals surface area contributed by atoms with Gasteiger partial charge in [0.2, 0.25) is 11.8 Å². The van der Waals surface area contributed by atoms with E-state index >= 15 is 0 Å². The minimum absolute atomic E-state index is 0.0324. The van der Waals surface area contributed by atoms with Gasteiger partial charge in [-0.25, -0.2) is 0 Å². The summed E-state index contributed by atoms with van der Waals surface area (Å²) in [6, 6.07) is 0. The fourth-order valence-corrected chi connectivity index (χ4v) is 1.42. The maximum Gasteiger partial charge on any atom is 0.241 e. The first-order valence-electron chi connectivity index (χ1n) is 5.76. The van der Waals surface area contributed by atoms with Crippen LogP contribution in [0.25, 0.3) is 0 Å². The van der Waals surface area contributed by atoms with Gasteiger partial charge in [-0.05, 0) is 20.9 Å². The lowest BCUT2D eigenvalue weighted by molar-refractivity contribution is -0.133. The Labute approximate surface area is 97.6 Å². The number of hydrogen-bond donors (Lipinski definition) is 2. The lowest BCUT2D eigenvalue weighted by Gasteiger charge is -2.19. The Hall–Kier alpha value is -1.10. The van der Waals surface area contributed by atoms with E-state index in [4.69, 9.17) is 0 Å². The zero-order valence-corrected chi connectivity index (χ0v) is 10.7. The zero-order chi connectivity index (χ0) is 12.6. The van der Waals surface area contributed by atoms with Crippen LogP contribution in [0.1, 0.15) is 20.8 Å². The van der Waals surface area contributed by atoms with Gasteiger partial charge in [-0.15, -0.1) is 0 Å². The summed E-state index contributed by atoms with van der Waals surface area (Å²) in [5, 5.41) is 5.57. The lowest BCUT2D eigenvalue weighted by atomic mass is 10.1. The fourth-order valence-electron chi connectivity index (χ4n) is 1.42. The number of rotatable bonds is 7. The molecule has 0 spiro atoms. The molecular weight excluding hydrogens is 206 g/mol. The highest BCUT2D eigenvalue weighted by molar-refractivity contribution is 5.85. The molecule has 0 aliphatic carbocycles. The topological polar surface area (TPSA) is 61.4 Å². The third-order valence-corrected chi connectivity index (χ3v) is 2.49. The standard InChI is InChI=1S/C11H23N3O2/c1-5-14(6-2)10(15)8-13-11(16)9(3)7-12-4/h9,12H,5-8H2,1-4H3,(H,13,16). The van der Waals surface area contributed by atoms with Gasteiger partial charge >= 0.3 is 0 Å². The largest absolute Gasteiger partial charge is 0.347 e. The van der Waals surface area contributed by atoms with E-state index in [2.05, 4.69) is 10.6 Å². The van der Waals surface area contributed by atoms with Crippen LogP contribution in [0.5, 0.6) is 0 Å². The highest BCUT2D eigenvalue weighted by Crippen LogP contribution is 1.93. The Morgan fingerprint density at radius 2 is 1.81 bits per heavy atom. The van der Waals surface area contributed by atoms with E-state index in [0.29, 0.717) is 19.6 Å². The number of carbonyl (C=O) groups excluding carboxylic acids is 2. The van der Waals surface area contributed by atoms with Crippen molar-refractivity contribution < 1.29 is 9.59 Å². The van der Waals surface area contributed by atoms with E-state index in [0.717, 1.165) is 0 Å². The molecule has 0 heterocycles. The number of likely N-dealkylation sites (N-methyl/N-ethyl adjacent to an activating group) is 1. The average Bonchev–Trinajstić information content (AvgIpc) is 2.27. The van der Waals surface area contributed by atoms with Crippen molar-refractivity contribution in [2.75, 3.05) is 33.2 Å². The smallest absolute Gasteiger partial charge is 0.241 e. The van der Waals surface area contributed by atoms with E-state index in [1.54, 1.807) is 11.9 Å². The molecule has 0 aliphatic heterocycles. The molecule has 1 atom stereocenters. The quantitative estimate of drug-likeness (QED) is 0.637. The van der Waals surface area contributed by atoms with E-state index < -0.39 is 0 Å². The number of nitrogens with one attached hydrogen (secondary N) is 2. The van der Waals surface area contributed by atoms with Gasteiger partial charge in [-0.3, -0.25) is 9.59 Å². The molecule has 0 aromatic rings. The van der Waals surface area contributed by atoms with Crippen molar-refractivity contribution in [1.82, 2.24) is 15.5 Å². The maximum absolute atomic E-state index is 11.6. The molecule has 2 amide bonds. The summed E-state index contributed by atoms with van der Waals surface area (Å²) in [6.07, 6.45) is 0. The Morgan fingerprint density at radius 1 is 1.25 bits per heavy atom. The molecule has 0 aromatic carbocycles. The molecule has 0 fully saturated rings. The molecule has 0 radical (unpaired) electrons. The minimum atomic E-state index is -0.116. The summed E-state index contributed by atoms with van der Waals surface area (Å²) in [4.78, 5) is 24.8. The SMILES string of the molecule is CCN(CC)C(=O)CNC(=O)C(C)CNC. The van der Waals surface area contributed by atoms with Crippen LogP contribution in [-0.2, 0) is 9.59 Å². The summed E-state index contributed by atoms with van der Waals surface area (Å²) in [5.74, 6) is -0.237. The van der Waals surface area contributed by atoms with E-state index in [9.17, 15) is 9.59 Å². The first kappa shape index (κ1) is 14.9. The molecule has 5 nitrogen and oxygen atoms in total. The van der Waals surface area contributed by atoms with Crippen molar-refractivity contribution in [3.63, 3.8) is 0 Å². The molecule has 5 heteroatoms. The van der Waals surface area contributed by atoms with Crippen LogP contribution in [0.3, 0.4) is 0 Å². The Morgan fingerprint density at radius 3 is 2.25 bits per heavy atom. The van der Waals surface area contributed by atoms with Crippen LogP contribution < -0.4 is 10.6 Å². The monoisotopic (exact) mass is 229 g/mol. The Kier molecular flexibility index (Phi) is 7.54. The number of nitrogens with zero attached hydrogens (tertiary/aromatic N) is 1. The molecule has 0 rings (SSSR count). The van der Waals surface area contributed by atoms with Crippen molar-refractivity contribution in [2.45, 2.75) is 20.8 Å². The molecule has 0 saturated carbocycles. The summed E-state index contributed by atoms with van der Waals surface area (Å²) in [5.41, 5.74) is 0. The normalized spacial score (nSPS) is 12.0. The molecule has 94 valence electrons. The van der Waals surface area contributed by atoms with Crippen LogP contribution in [0.2, 0.25) is 0 Å². The number of hydrogen-bond acceptors (Lipinski definition) is 3. The van der Waals surface area contributed by atoms with Gasteiger partial charge in [0.15, 0.2) is 0 Å². The van der Waals surface area contributed by atoms with Crippen LogP contribution >= 0.6 is 0 Å². The van der Waals surface area contributed by atoms with Gasteiger partial charge in [0.1, 0.15) is 0 Å². The van der Waals surface area contributed by atoms with Gasteiger partial charge in [-0.2, -0.15) is 0 Å². The van der Waals surface area contributed by atoms with Gasteiger partial charge < -0.3 is 15.5 Å². The van der Waals surface area contributed by atoms with Crippen LogP contribution in [-0.4, -0.2) is 49.9 Å². The molecule has 1 unspecified atom stereocenters. The predicted molar refractivity (Wildman–Crippen MR) is 64.0 cm³/mol. The molecule has 16 heavy (non-hydrogen) atoms. The van der Waals surface area contributed by atoms with E-state index in [-0.39, 0.29) is 24.3 Å². The molecule has 0 aromatic heterocycles. The predicted octanol–water partition coefficient (Wildman–Crippen LogP) is -0.173. The van der Waals surface area contributed by atoms with E-state index in [1.807, 2.05) is 20.8 Å². The van der Waals surface area contributed by atoms with Crippen molar-refractivity contribution in [3.8, 4) is 0 Å². The third kappa shape index (κ3) is 5.11. The summed E-state index contributed by atoms with van der Waals surface area (Å²) in [7, 11) is 1.80. The maximum atomic E-state index is 11.6. The van der Waals surface area contributed by atoms with Crippen molar-refractivity contribution in [3.05, 3.63) is 0 Å². The Bertz CT molecular complexity index is 227. The zero-order valence-electron chi connectivity index (χ0n) is 10.7. The molecular formula is C11H23N3O2. The highest BCUT2D eigenvalue weighted by atomic mass is 16.2. The van der Waals surface area contributed by atoms with Gasteiger partial charge in [0, 0.05) is 25.6 Å². The third-order valence-electron chi connectivity index (χ3n) is 2.49. The second kappa shape index (κ2) is 8.10. The van der Waals surface area contributed by atoms with Gasteiger partial charge in [0.25, 0.3) is 0 Å². The summed E-state index contributed by atoms with van der Waals surface area (Å²) >= 11 is 0. The first-order valence-corrected chi connectivity index (χ1v) is 5.76. The second-order valence-corrected chi connectivity index (χ2v) is 3.74. The minimum Gasteiger partial charge on any atom is -0.347 e. The number of amides is 2. The number of carbonyl (C=O) groups is 2. The second-order valence-electron chi connectivity index (χ2n) is 3.74. The van der Waals surface area contributed by atoms with E-state index in [1.165, 1.54) is 0 Å². The molecule has 0 bridgehead atoms. The van der Waals surface area contributed by atoms with Gasteiger partial charge in [-0.1, -0.05) is 6.92 Å². The molecule has 2 N–H and O–H groups in total. The van der Waals surface area contributed by atoms with Crippen LogP contribution in [0, 0.1) is 5.92 Å². The summed E-state index contributed by atoms with van der Waals surface area (Å²) < 4.78 is 0. The Balaban J connectivity index is 3.95.